The second kappa shape index (κ2) is 9.10. The summed E-state index contributed by atoms with van der Waals surface area (Å²) in [6.07, 6.45) is 5.41. The van der Waals surface area contributed by atoms with E-state index in [1.807, 2.05) is 31.2 Å². The minimum atomic E-state index is -0.271. The Hall–Kier alpha value is -3.51. The summed E-state index contributed by atoms with van der Waals surface area (Å²) in [5.41, 5.74) is 5.68. The summed E-state index contributed by atoms with van der Waals surface area (Å²) in [4.78, 5) is 9.12. The number of anilines is 1. The van der Waals surface area contributed by atoms with Crippen LogP contribution < -0.4 is 5.32 Å². The maximum Gasteiger partial charge on any atom is 0.127 e. The molecular formula is C25H25FN4O. The van der Waals surface area contributed by atoms with Gasteiger partial charge in [0.1, 0.15) is 11.6 Å². The van der Waals surface area contributed by atoms with Gasteiger partial charge in [0.15, 0.2) is 0 Å². The molecule has 4 aromatic rings. The van der Waals surface area contributed by atoms with E-state index in [1.165, 1.54) is 12.1 Å². The first-order chi connectivity index (χ1) is 15.1. The number of methoxy groups -OCH3 is 1. The third kappa shape index (κ3) is 4.20. The number of rotatable bonds is 8. The highest BCUT2D eigenvalue weighted by Crippen LogP contribution is 2.40. The average Bonchev–Trinajstić information content (AvgIpc) is 3.09. The summed E-state index contributed by atoms with van der Waals surface area (Å²) >= 11 is 0. The maximum atomic E-state index is 13.7. The summed E-state index contributed by atoms with van der Waals surface area (Å²) in [7, 11) is 1.68. The third-order valence-corrected chi connectivity index (χ3v) is 5.12. The number of pyridine rings is 2. The maximum absolute atomic E-state index is 13.7. The van der Waals surface area contributed by atoms with E-state index in [9.17, 15) is 4.39 Å². The van der Waals surface area contributed by atoms with Crippen molar-refractivity contribution >= 4 is 16.9 Å². The van der Waals surface area contributed by atoms with Gasteiger partial charge in [-0.15, -0.1) is 6.58 Å². The van der Waals surface area contributed by atoms with Crippen molar-refractivity contribution in [1.82, 2.24) is 14.5 Å². The number of hydrogen-bond donors (Lipinski definition) is 1. The van der Waals surface area contributed by atoms with Gasteiger partial charge in [0, 0.05) is 43.2 Å². The number of ether oxygens (including phenoxy) is 1. The predicted molar refractivity (Wildman–Crippen MR) is 124 cm³/mol. The molecule has 0 aliphatic carbocycles. The summed E-state index contributed by atoms with van der Waals surface area (Å²) in [6, 6.07) is 14.6. The number of benzene rings is 1. The monoisotopic (exact) mass is 416 g/mol. The minimum absolute atomic E-state index is 0.110. The van der Waals surface area contributed by atoms with Gasteiger partial charge in [-0.2, -0.15) is 0 Å². The van der Waals surface area contributed by atoms with E-state index in [0.29, 0.717) is 13.2 Å². The first-order valence-electron chi connectivity index (χ1n) is 10.2. The lowest BCUT2D eigenvalue weighted by Crippen LogP contribution is -2.21. The predicted octanol–water partition coefficient (Wildman–Crippen LogP) is 5.54. The molecule has 6 heteroatoms. The molecule has 1 atom stereocenters. The number of fused-ring (bicyclic) bond motifs is 1. The lowest BCUT2D eigenvalue weighted by molar-refractivity contribution is 0.190. The summed E-state index contributed by atoms with van der Waals surface area (Å²) in [5.74, 6) is 0.491. The highest BCUT2D eigenvalue weighted by atomic mass is 19.1. The van der Waals surface area contributed by atoms with Crippen molar-refractivity contribution < 1.29 is 9.13 Å². The fourth-order valence-corrected chi connectivity index (χ4v) is 3.86. The Labute approximate surface area is 181 Å². The largest absolute Gasteiger partial charge is 0.383 e. The highest BCUT2D eigenvalue weighted by molar-refractivity contribution is 6.03. The van der Waals surface area contributed by atoms with Crippen molar-refractivity contribution in [2.24, 2.45) is 0 Å². The van der Waals surface area contributed by atoms with Gasteiger partial charge in [-0.05, 0) is 48.9 Å². The van der Waals surface area contributed by atoms with Crippen LogP contribution in [-0.2, 0) is 11.3 Å². The van der Waals surface area contributed by atoms with E-state index in [2.05, 4.69) is 27.5 Å². The van der Waals surface area contributed by atoms with Gasteiger partial charge in [-0.1, -0.05) is 18.2 Å². The van der Waals surface area contributed by atoms with Gasteiger partial charge in [-0.25, -0.2) is 9.37 Å². The Morgan fingerprint density at radius 1 is 1.10 bits per heavy atom. The molecule has 5 nitrogen and oxygen atoms in total. The third-order valence-electron chi connectivity index (χ3n) is 5.12. The zero-order valence-electron chi connectivity index (χ0n) is 17.7. The van der Waals surface area contributed by atoms with Gasteiger partial charge in [0.05, 0.1) is 23.3 Å². The van der Waals surface area contributed by atoms with Crippen molar-refractivity contribution in [3.8, 4) is 22.4 Å². The lowest BCUT2D eigenvalue weighted by Gasteiger charge is -2.13. The van der Waals surface area contributed by atoms with Crippen molar-refractivity contribution in [1.29, 1.82) is 0 Å². The van der Waals surface area contributed by atoms with Gasteiger partial charge in [0.2, 0.25) is 0 Å². The zero-order valence-corrected chi connectivity index (χ0v) is 17.7. The van der Waals surface area contributed by atoms with E-state index in [1.54, 1.807) is 31.6 Å². The van der Waals surface area contributed by atoms with Crippen LogP contribution in [0.4, 0.5) is 10.2 Å². The summed E-state index contributed by atoms with van der Waals surface area (Å²) in [6.45, 7) is 7.17. The van der Waals surface area contributed by atoms with Crippen LogP contribution in [0.25, 0.3) is 33.4 Å². The first-order valence-corrected chi connectivity index (χ1v) is 10.2. The second-order valence-electron chi connectivity index (χ2n) is 7.43. The Balaban J connectivity index is 2.00. The fraction of sp³-hybridized carbons (Fsp3) is 0.200. The Bertz CT molecular complexity index is 1190. The van der Waals surface area contributed by atoms with Crippen molar-refractivity contribution in [2.75, 3.05) is 19.0 Å². The van der Waals surface area contributed by atoms with Crippen LogP contribution in [-0.4, -0.2) is 34.3 Å². The van der Waals surface area contributed by atoms with E-state index < -0.39 is 0 Å². The molecule has 0 aliphatic heterocycles. The molecule has 0 saturated heterocycles. The quantitative estimate of drug-likeness (QED) is 0.383. The number of aromatic nitrogens is 3. The molecule has 0 fully saturated rings. The molecular weight excluding hydrogens is 391 g/mol. The van der Waals surface area contributed by atoms with Crippen LogP contribution in [0, 0.1) is 5.82 Å². The molecule has 4 rings (SSSR count). The Morgan fingerprint density at radius 2 is 1.84 bits per heavy atom. The molecule has 3 aromatic heterocycles. The van der Waals surface area contributed by atoms with Crippen LogP contribution in [0.1, 0.15) is 6.92 Å². The molecule has 158 valence electrons. The van der Waals surface area contributed by atoms with Crippen molar-refractivity contribution in [3.05, 3.63) is 79.4 Å². The normalized spacial score (nSPS) is 12.1. The molecule has 0 amide bonds. The molecule has 1 N–H and O–H groups in total. The summed E-state index contributed by atoms with van der Waals surface area (Å²) in [5, 5.41) is 3.39. The van der Waals surface area contributed by atoms with Crippen molar-refractivity contribution in [2.45, 2.75) is 19.5 Å². The van der Waals surface area contributed by atoms with Crippen LogP contribution in [0.2, 0.25) is 0 Å². The molecule has 3 heterocycles. The number of nitrogens with zero attached hydrogens (tertiary/aromatic N) is 3. The van der Waals surface area contributed by atoms with Crippen molar-refractivity contribution in [3.63, 3.8) is 0 Å². The molecule has 0 bridgehead atoms. The standard InChI is InChI=1S/C25H25FN4O/c1-4-15-30-21-9-10-22(28-17(2)16-31-3)29-24(21)23(18-5-7-20(26)8-6-18)25(30)19-11-13-27-14-12-19/h4-14,17H,1,15-16H2,2-3H3,(H,28,29). The first kappa shape index (κ1) is 20.8. The Kier molecular flexibility index (Phi) is 6.09. The minimum Gasteiger partial charge on any atom is -0.383 e. The SMILES string of the molecule is C=CCn1c(-c2ccncc2)c(-c2ccc(F)cc2)c2nc(NC(C)COC)ccc21. The average molecular weight is 417 g/mol. The number of nitrogens with one attached hydrogen (secondary N) is 1. The Morgan fingerprint density at radius 3 is 2.52 bits per heavy atom. The van der Waals surface area contributed by atoms with Gasteiger partial charge in [0.25, 0.3) is 0 Å². The molecule has 1 aromatic carbocycles. The van der Waals surface area contributed by atoms with Crippen LogP contribution >= 0.6 is 0 Å². The molecule has 0 saturated carbocycles. The smallest absolute Gasteiger partial charge is 0.127 e. The number of halogens is 1. The molecule has 0 spiro atoms. The second-order valence-corrected chi connectivity index (χ2v) is 7.43. The van der Waals surface area contributed by atoms with E-state index in [0.717, 1.165) is 39.2 Å². The van der Waals surface area contributed by atoms with E-state index in [-0.39, 0.29) is 11.9 Å². The summed E-state index contributed by atoms with van der Waals surface area (Å²) < 4.78 is 21.1. The van der Waals surface area contributed by atoms with Gasteiger partial charge < -0.3 is 14.6 Å². The zero-order chi connectivity index (χ0) is 21.8. The fourth-order valence-electron chi connectivity index (χ4n) is 3.86. The molecule has 1 unspecified atom stereocenters. The van der Waals surface area contributed by atoms with Gasteiger partial charge in [-0.3, -0.25) is 4.98 Å². The molecule has 0 aliphatic rings. The number of allylic oxidation sites excluding steroid dienone is 1. The number of hydrogen-bond acceptors (Lipinski definition) is 4. The highest BCUT2D eigenvalue weighted by Gasteiger charge is 2.21. The molecule has 31 heavy (non-hydrogen) atoms. The van der Waals surface area contributed by atoms with Crippen LogP contribution in [0.5, 0.6) is 0 Å². The lowest BCUT2D eigenvalue weighted by atomic mass is 10.0. The van der Waals surface area contributed by atoms with E-state index in [4.69, 9.17) is 9.72 Å². The van der Waals surface area contributed by atoms with Gasteiger partial charge >= 0.3 is 0 Å². The van der Waals surface area contributed by atoms with Crippen LogP contribution in [0.3, 0.4) is 0 Å². The molecule has 0 radical (unpaired) electrons. The topological polar surface area (TPSA) is 52.0 Å². The van der Waals surface area contributed by atoms with E-state index >= 15 is 0 Å². The van der Waals surface area contributed by atoms with Crippen LogP contribution in [0.15, 0.2) is 73.6 Å².